The molecule has 0 spiro atoms. The minimum atomic E-state index is -1.06. The monoisotopic (exact) mass is 216 g/mol. The van der Waals surface area contributed by atoms with Crippen molar-refractivity contribution in [3.05, 3.63) is 28.8 Å². The van der Waals surface area contributed by atoms with Gasteiger partial charge in [0.15, 0.2) is 6.79 Å². The van der Waals surface area contributed by atoms with Gasteiger partial charge in [0.25, 0.3) is 0 Å². The lowest BCUT2D eigenvalue weighted by molar-refractivity contribution is 0.0484. The van der Waals surface area contributed by atoms with Crippen LogP contribution in [0.2, 0.25) is 5.02 Å². The van der Waals surface area contributed by atoms with E-state index in [0.29, 0.717) is 5.02 Å². The predicted octanol–water partition coefficient (Wildman–Crippen LogP) is 2.02. The van der Waals surface area contributed by atoms with E-state index < -0.39 is 5.97 Å². The SMILES string of the molecule is COCOc1cc(Cl)ccc1C(=O)O. The van der Waals surface area contributed by atoms with Crippen molar-refractivity contribution >= 4 is 17.6 Å². The predicted molar refractivity (Wildman–Crippen MR) is 50.9 cm³/mol. The highest BCUT2D eigenvalue weighted by atomic mass is 35.5. The molecule has 0 amide bonds. The molecule has 0 unspecified atom stereocenters. The first-order valence-electron chi connectivity index (χ1n) is 3.79. The van der Waals surface area contributed by atoms with Crippen molar-refractivity contribution in [1.29, 1.82) is 0 Å². The largest absolute Gasteiger partial charge is 0.478 e. The zero-order chi connectivity index (χ0) is 10.6. The van der Waals surface area contributed by atoms with E-state index in [2.05, 4.69) is 4.74 Å². The molecule has 0 aliphatic rings. The summed E-state index contributed by atoms with van der Waals surface area (Å²) in [6.07, 6.45) is 0. The topological polar surface area (TPSA) is 55.8 Å². The van der Waals surface area contributed by atoms with Gasteiger partial charge in [-0.15, -0.1) is 0 Å². The number of halogens is 1. The molecule has 1 aromatic rings. The second-order valence-corrected chi connectivity index (χ2v) is 2.93. The third-order valence-electron chi connectivity index (χ3n) is 1.51. The number of rotatable bonds is 4. The van der Waals surface area contributed by atoms with Gasteiger partial charge in [0, 0.05) is 12.1 Å². The van der Waals surface area contributed by atoms with E-state index in [0.717, 1.165) is 0 Å². The van der Waals surface area contributed by atoms with Crippen molar-refractivity contribution in [2.45, 2.75) is 0 Å². The maximum absolute atomic E-state index is 10.7. The molecule has 1 aromatic carbocycles. The molecule has 0 atom stereocenters. The Morgan fingerprint density at radius 3 is 2.86 bits per heavy atom. The average molecular weight is 217 g/mol. The quantitative estimate of drug-likeness (QED) is 0.783. The van der Waals surface area contributed by atoms with Gasteiger partial charge >= 0.3 is 5.97 Å². The molecule has 14 heavy (non-hydrogen) atoms. The summed E-state index contributed by atoms with van der Waals surface area (Å²) >= 11 is 5.69. The summed E-state index contributed by atoms with van der Waals surface area (Å²) in [5.74, 6) is -0.861. The van der Waals surface area contributed by atoms with Gasteiger partial charge in [-0.1, -0.05) is 11.6 Å². The van der Waals surface area contributed by atoms with Gasteiger partial charge in [0.1, 0.15) is 11.3 Å². The average Bonchev–Trinajstić information content (AvgIpc) is 2.14. The van der Waals surface area contributed by atoms with Crippen molar-refractivity contribution in [2.24, 2.45) is 0 Å². The van der Waals surface area contributed by atoms with Gasteiger partial charge in [0.2, 0.25) is 0 Å². The second kappa shape index (κ2) is 4.83. The van der Waals surface area contributed by atoms with Gasteiger partial charge < -0.3 is 14.6 Å². The van der Waals surface area contributed by atoms with E-state index >= 15 is 0 Å². The standard InChI is InChI=1S/C9H9ClO4/c1-13-5-14-8-4-6(10)2-3-7(8)9(11)12/h2-4H,5H2,1H3,(H,11,12). The van der Waals surface area contributed by atoms with Crippen LogP contribution in [0.5, 0.6) is 5.75 Å². The molecule has 1 rings (SSSR count). The van der Waals surface area contributed by atoms with Crippen LogP contribution < -0.4 is 4.74 Å². The molecule has 0 aromatic heterocycles. The third kappa shape index (κ3) is 2.61. The normalized spacial score (nSPS) is 9.86. The molecular formula is C9H9ClO4. The van der Waals surface area contributed by atoms with Crippen LogP contribution in [0.15, 0.2) is 18.2 Å². The molecule has 76 valence electrons. The number of benzene rings is 1. The fourth-order valence-electron chi connectivity index (χ4n) is 0.915. The lowest BCUT2D eigenvalue weighted by Crippen LogP contribution is -2.05. The summed E-state index contributed by atoms with van der Waals surface area (Å²) in [5.41, 5.74) is 0.0615. The molecule has 0 heterocycles. The van der Waals surface area contributed by atoms with Crippen LogP contribution in [0.25, 0.3) is 0 Å². The highest BCUT2D eigenvalue weighted by molar-refractivity contribution is 6.30. The molecule has 0 aliphatic carbocycles. The Labute approximate surface area is 86.0 Å². The first-order chi connectivity index (χ1) is 6.65. The Morgan fingerprint density at radius 2 is 2.29 bits per heavy atom. The maximum atomic E-state index is 10.7. The van der Waals surface area contributed by atoms with Crippen LogP contribution in [-0.4, -0.2) is 25.0 Å². The first kappa shape index (κ1) is 10.8. The molecule has 0 fully saturated rings. The van der Waals surface area contributed by atoms with Crippen molar-refractivity contribution in [1.82, 2.24) is 0 Å². The summed E-state index contributed by atoms with van der Waals surface area (Å²) in [5, 5.41) is 9.21. The second-order valence-electron chi connectivity index (χ2n) is 2.50. The first-order valence-corrected chi connectivity index (χ1v) is 4.17. The van der Waals surface area contributed by atoms with Crippen LogP contribution in [0.3, 0.4) is 0 Å². The number of hydrogen-bond donors (Lipinski definition) is 1. The number of hydrogen-bond acceptors (Lipinski definition) is 3. The summed E-state index contributed by atoms with van der Waals surface area (Å²) in [6, 6.07) is 4.31. The molecule has 0 bridgehead atoms. The zero-order valence-electron chi connectivity index (χ0n) is 7.49. The number of carbonyl (C=O) groups is 1. The molecule has 0 radical (unpaired) electrons. The number of carboxylic acids is 1. The molecular weight excluding hydrogens is 208 g/mol. The highest BCUT2D eigenvalue weighted by Gasteiger charge is 2.11. The lowest BCUT2D eigenvalue weighted by Gasteiger charge is -2.07. The Bertz CT molecular complexity index is 338. The maximum Gasteiger partial charge on any atom is 0.339 e. The fourth-order valence-corrected chi connectivity index (χ4v) is 1.08. The van der Waals surface area contributed by atoms with E-state index in [4.69, 9.17) is 21.4 Å². The van der Waals surface area contributed by atoms with Crippen molar-refractivity contribution in [3.8, 4) is 5.75 Å². The number of aromatic carboxylic acids is 1. The van der Waals surface area contributed by atoms with E-state index in [1.807, 2.05) is 0 Å². The number of ether oxygens (including phenoxy) is 2. The van der Waals surface area contributed by atoms with Crippen LogP contribution in [0.4, 0.5) is 0 Å². The van der Waals surface area contributed by atoms with E-state index in [-0.39, 0.29) is 18.1 Å². The molecule has 0 aliphatic heterocycles. The minimum absolute atomic E-state index is 0.0133. The van der Waals surface area contributed by atoms with Gasteiger partial charge in [0.05, 0.1) is 0 Å². The van der Waals surface area contributed by atoms with Crippen LogP contribution in [-0.2, 0) is 4.74 Å². The summed E-state index contributed by atoms with van der Waals surface area (Å²) in [6.45, 7) is -0.0133. The summed E-state index contributed by atoms with van der Waals surface area (Å²) in [4.78, 5) is 10.7. The van der Waals surface area contributed by atoms with Gasteiger partial charge in [-0.3, -0.25) is 0 Å². The van der Waals surface area contributed by atoms with E-state index in [1.165, 1.54) is 25.3 Å². The van der Waals surface area contributed by atoms with Crippen molar-refractivity contribution in [2.75, 3.05) is 13.9 Å². The Hall–Kier alpha value is -1.26. The van der Waals surface area contributed by atoms with E-state index in [1.54, 1.807) is 0 Å². The molecule has 1 N–H and O–H groups in total. The van der Waals surface area contributed by atoms with E-state index in [9.17, 15) is 4.79 Å². The Balaban J connectivity index is 2.97. The summed E-state index contributed by atoms with van der Waals surface area (Å²) < 4.78 is 9.70. The van der Waals surface area contributed by atoms with Gasteiger partial charge in [-0.25, -0.2) is 4.79 Å². The Morgan fingerprint density at radius 1 is 1.57 bits per heavy atom. The third-order valence-corrected chi connectivity index (χ3v) is 1.74. The number of carboxylic acid groups (broad SMARTS) is 1. The zero-order valence-corrected chi connectivity index (χ0v) is 8.25. The van der Waals surface area contributed by atoms with Crippen LogP contribution in [0.1, 0.15) is 10.4 Å². The fraction of sp³-hybridized carbons (Fsp3) is 0.222. The molecule has 0 saturated heterocycles. The number of methoxy groups -OCH3 is 1. The minimum Gasteiger partial charge on any atom is -0.478 e. The molecule has 4 nitrogen and oxygen atoms in total. The molecule has 0 saturated carbocycles. The summed E-state index contributed by atoms with van der Waals surface area (Å²) in [7, 11) is 1.45. The van der Waals surface area contributed by atoms with Gasteiger partial charge in [-0.2, -0.15) is 0 Å². The highest BCUT2D eigenvalue weighted by Crippen LogP contribution is 2.23. The van der Waals surface area contributed by atoms with Crippen LogP contribution >= 0.6 is 11.6 Å². The smallest absolute Gasteiger partial charge is 0.339 e. The van der Waals surface area contributed by atoms with Crippen molar-refractivity contribution < 1.29 is 19.4 Å². The van der Waals surface area contributed by atoms with Crippen LogP contribution in [0, 0.1) is 0 Å². The Kier molecular flexibility index (Phi) is 3.73. The molecule has 5 heteroatoms. The van der Waals surface area contributed by atoms with Crippen molar-refractivity contribution in [3.63, 3.8) is 0 Å². The lowest BCUT2D eigenvalue weighted by atomic mass is 10.2. The van der Waals surface area contributed by atoms with Gasteiger partial charge in [-0.05, 0) is 18.2 Å².